The fraction of sp³-hybridized carbons (Fsp3) is 1.00. The van der Waals surface area contributed by atoms with Gasteiger partial charge >= 0.3 is 0 Å². The maximum absolute atomic E-state index is 9.94. The van der Waals surface area contributed by atoms with Crippen LogP contribution in [0.3, 0.4) is 0 Å². The van der Waals surface area contributed by atoms with Gasteiger partial charge in [0, 0.05) is 0 Å². The monoisotopic (exact) mass is 342 g/mol. The van der Waals surface area contributed by atoms with Crippen molar-refractivity contribution in [1.82, 2.24) is 0 Å². The van der Waals surface area contributed by atoms with Crippen LogP contribution in [0.2, 0.25) is 0 Å². The molecule has 11 heteroatoms. The van der Waals surface area contributed by atoms with E-state index in [1.165, 1.54) is 0 Å². The highest BCUT2D eigenvalue weighted by Gasteiger charge is 2.50. The lowest BCUT2D eigenvalue weighted by molar-refractivity contribution is -0.361. The van der Waals surface area contributed by atoms with Crippen molar-refractivity contribution < 1.29 is 55.1 Å². The predicted octanol–water partition coefficient (Wildman–Crippen LogP) is -5.40. The minimum absolute atomic E-state index is 0.651. The molecule has 8 N–H and O–H groups in total. The van der Waals surface area contributed by atoms with Gasteiger partial charge in [0.15, 0.2) is 12.6 Å². The molecule has 0 amide bonds. The smallest absolute Gasteiger partial charge is 0.187 e. The zero-order valence-electron chi connectivity index (χ0n) is 12.0. The molecule has 2 rings (SSSR count). The van der Waals surface area contributed by atoms with Crippen molar-refractivity contribution in [1.29, 1.82) is 0 Å². The largest absolute Gasteiger partial charge is 0.394 e. The third-order valence-electron chi connectivity index (χ3n) is 3.98. The van der Waals surface area contributed by atoms with Crippen molar-refractivity contribution in [2.45, 2.75) is 61.4 Å². The van der Waals surface area contributed by atoms with Crippen LogP contribution in [0.25, 0.3) is 0 Å². The molecule has 0 aromatic heterocycles. The average molecular weight is 342 g/mol. The summed E-state index contributed by atoms with van der Waals surface area (Å²) in [5, 5.41) is 76.7. The molecule has 0 spiro atoms. The first kappa shape index (κ1) is 18.9. The van der Waals surface area contributed by atoms with Crippen LogP contribution >= 0.6 is 0 Å². The number of rotatable bonds is 4. The normalized spacial score (nSPS) is 51.7. The van der Waals surface area contributed by atoms with Gasteiger partial charge in [0.2, 0.25) is 0 Å². The first-order valence-corrected chi connectivity index (χ1v) is 7.08. The van der Waals surface area contributed by atoms with Crippen molar-refractivity contribution in [2.24, 2.45) is 0 Å². The molecule has 0 aromatic rings. The summed E-state index contributed by atoms with van der Waals surface area (Å²) >= 11 is 0. The molecule has 0 unspecified atom stereocenters. The van der Waals surface area contributed by atoms with Crippen molar-refractivity contribution in [2.75, 3.05) is 13.2 Å². The highest BCUT2D eigenvalue weighted by Crippen LogP contribution is 2.28. The first-order valence-electron chi connectivity index (χ1n) is 7.08. The Balaban J connectivity index is 2.08. The molecule has 0 aliphatic carbocycles. The number of ether oxygens (including phenoxy) is 3. The van der Waals surface area contributed by atoms with E-state index >= 15 is 0 Å². The maximum atomic E-state index is 9.94. The summed E-state index contributed by atoms with van der Waals surface area (Å²) in [7, 11) is 0. The van der Waals surface area contributed by atoms with Crippen molar-refractivity contribution in [3.8, 4) is 0 Å². The van der Waals surface area contributed by atoms with Crippen LogP contribution in [-0.4, -0.2) is 115 Å². The summed E-state index contributed by atoms with van der Waals surface area (Å²) in [5.74, 6) is 0. The van der Waals surface area contributed by atoms with Gasteiger partial charge in [0.05, 0.1) is 13.2 Å². The van der Waals surface area contributed by atoms with E-state index in [2.05, 4.69) is 0 Å². The molecule has 0 saturated carbocycles. The zero-order chi connectivity index (χ0) is 17.3. The summed E-state index contributed by atoms with van der Waals surface area (Å²) in [6.45, 7) is -1.33. The summed E-state index contributed by atoms with van der Waals surface area (Å²) in [6, 6.07) is 0. The van der Waals surface area contributed by atoms with Crippen molar-refractivity contribution >= 4 is 0 Å². The van der Waals surface area contributed by atoms with Gasteiger partial charge < -0.3 is 55.1 Å². The predicted molar refractivity (Wildman–Crippen MR) is 68.6 cm³/mol. The van der Waals surface area contributed by atoms with Gasteiger partial charge in [-0.25, -0.2) is 0 Å². The molecule has 0 radical (unpaired) electrons. The second-order valence-electron chi connectivity index (χ2n) is 5.53. The molecular formula is C12H22O11. The zero-order valence-corrected chi connectivity index (χ0v) is 12.0. The summed E-state index contributed by atoms with van der Waals surface area (Å²) < 4.78 is 15.1. The first-order chi connectivity index (χ1) is 10.8. The van der Waals surface area contributed by atoms with E-state index in [0.29, 0.717) is 0 Å². The summed E-state index contributed by atoms with van der Waals surface area (Å²) in [4.78, 5) is 0. The maximum Gasteiger partial charge on any atom is 0.187 e. The molecule has 2 saturated heterocycles. The second kappa shape index (κ2) is 7.63. The molecular weight excluding hydrogens is 320 g/mol. The van der Waals surface area contributed by atoms with Crippen molar-refractivity contribution in [3.63, 3.8) is 0 Å². The fourth-order valence-corrected chi connectivity index (χ4v) is 2.55. The van der Waals surface area contributed by atoms with Gasteiger partial charge in [-0.15, -0.1) is 0 Å². The van der Waals surface area contributed by atoms with Crippen LogP contribution in [0.1, 0.15) is 0 Å². The van der Waals surface area contributed by atoms with Crippen molar-refractivity contribution in [3.05, 3.63) is 0 Å². The van der Waals surface area contributed by atoms with Crippen LogP contribution in [0.5, 0.6) is 0 Å². The topological polar surface area (TPSA) is 190 Å². The van der Waals surface area contributed by atoms with E-state index in [0.717, 1.165) is 0 Å². The highest BCUT2D eigenvalue weighted by molar-refractivity contribution is 4.93. The minimum Gasteiger partial charge on any atom is -0.394 e. The van der Waals surface area contributed by atoms with Gasteiger partial charge in [0.1, 0.15) is 48.8 Å². The van der Waals surface area contributed by atoms with E-state index in [1.54, 1.807) is 0 Å². The molecule has 10 atom stereocenters. The van der Waals surface area contributed by atoms with E-state index in [-0.39, 0.29) is 0 Å². The van der Waals surface area contributed by atoms with Gasteiger partial charge in [-0.1, -0.05) is 0 Å². The van der Waals surface area contributed by atoms with Crippen LogP contribution in [-0.2, 0) is 14.2 Å². The molecule has 0 aromatic carbocycles. The molecule has 2 aliphatic rings. The lowest BCUT2D eigenvalue weighted by Crippen LogP contribution is -2.64. The minimum atomic E-state index is -1.75. The quantitative estimate of drug-likeness (QED) is 0.243. The number of hydrogen-bond donors (Lipinski definition) is 8. The van der Waals surface area contributed by atoms with Crippen LogP contribution in [0, 0.1) is 0 Å². The third-order valence-corrected chi connectivity index (χ3v) is 3.98. The number of hydrogen-bond acceptors (Lipinski definition) is 11. The lowest BCUT2D eigenvalue weighted by Gasteiger charge is -2.44. The molecule has 2 heterocycles. The molecule has 23 heavy (non-hydrogen) atoms. The van der Waals surface area contributed by atoms with Gasteiger partial charge in [0.25, 0.3) is 0 Å². The molecule has 0 bridgehead atoms. The Kier molecular flexibility index (Phi) is 6.27. The Morgan fingerprint density at radius 1 is 0.652 bits per heavy atom. The Morgan fingerprint density at radius 2 is 1.17 bits per heavy atom. The van der Waals surface area contributed by atoms with Gasteiger partial charge in [-0.05, 0) is 0 Å². The molecule has 2 fully saturated rings. The van der Waals surface area contributed by atoms with Gasteiger partial charge in [-0.2, -0.15) is 0 Å². The molecule has 136 valence electrons. The van der Waals surface area contributed by atoms with Crippen LogP contribution in [0.4, 0.5) is 0 Å². The Labute approximate surface area is 130 Å². The second-order valence-corrected chi connectivity index (χ2v) is 5.53. The standard InChI is InChI=1S/C12H22O11/c13-1-3-6(16)8(18)10(11(20)21-3)23-12-9(19)7(17)5(15)4(2-14)22-12/h3-20H,1-2H2/t3-,4+,5-,6-,7+,8+,9-,10+,11-,12+/m1/s1. The summed E-state index contributed by atoms with van der Waals surface area (Å²) in [5.41, 5.74) is 0. The van der Waals surface area contributed by atoms with Crippen LogP contribution < -0.4 is 0 Å². The highest BCUT2D eigenvalue weighted by atomic mass is 16.7. The number of aliphatic hydroxyl groups excluding tert-OH is 8. The molecule has 2 aliphatic heterocycles. The molecule has 11 nitrogen and oxygen atoms in total. The van der Waals surface area contributed by atoms with Gasteiger partial charge in [-0.3, -0.25) is 0 Å². The number of aliphatic hydroxyl groups is 8. The fourth-order valence-electron chi connectivity index (χ4n) is 2.55. The Hall–Kier alpha value is -0.440. The van der Waals surface area contributed by atoms with E-state index in [4.69, 9.17) is 24.4 Å². The van der Waals surface area contributed by atoms with E-state index in [1.807, 2.05) is 0 Å². The van der Waals surface area contributed by atoms with Crippen LogP contribution in [0.15, 0.2) is 0 Å². The van der Waals surface area contributed by atoms with E-state index in [9.17, 15) is 30.6 Å². The Morgan fingerprint density at radius 3 is 1.74 bits per heavy atom. The SMILES string of the molecule is OC[C@@H]1O[C@@H](O[C@H]2[C@@H](O)[C@H](O)[C@@H](CO)O[C@H]2O)[C@H](O)[C@@H](O)[C@@H]1O. The third kappa shape index (κ3) is 3.65. The summed E-state index contributed by atoms with van der Waals surface area (Å²) in [6.07, 6.45) is -15.6. The van der Waals surface area contributed by atoms with E-state index < -0.39 is 74.6 Å². The Bertz CT molecular complexity index is 380. The lowest BCUT2D eigenvalue weighted by atomic mass is 9.97. The average Bonchev–Trinajstić information content (AvgIpc) is 2.54.